The fraction of sp³-hybridized carbons (Fsp3) is 0.533. The predicted octanol–water partition coefficient (Wildman–Crippen LogP) is 2.15. The molecule has 0 aliphatic rings. The average Bonchev–Trinajstić information content (AvgIpc) is 2.38. The topological polar surface area (TPSA) is 66.5 Å². The van der Waals surface area contributed by atoms with Crippen molar-refractivity contribution in [3.63, 3.8) is 0 Å². The fourth-order valence-electron chi connectivity index (χ4n) is 2.19. The first-order valence-electron chi connectivity index (χ1n) is 7.19. The molecule has 0 aromatic heterocycles. The van der Waals surface area contributed by atoms with Crippen molar-refractivity contribution < 1.29 is 13.2 Å². The molecule has 0 aliphatic heterocycles. The van der Waals surface area contributed by atoms with Gasteiger partial charge in [0.25, 0.3) is 0 Å². The summed E-state index contributed by atoms with van der Waals surface area (Å²) >= 11 is 0. The minimum atomic E-state index is -3.36. The lowest BCUT2D eigenvalue weighted by Crippen LogP contribution is -2.34. The van der Waals surface area contributed by atoms with Crippen molar-refractivity contribution in [3.8, 4) is 0 Å². The Labute approximate surface area is 127 Å². The van der Waals surface area contributed by atoms with Gasteiger partial charge in [0.15, 0.2) is 9.84 Å². The lowest BCUT2D eigenvalue weighted by atomic mass is 10.3. The van der Waals surface area contributed by atoms with E-state index in [1.54, 1.807) is 18.2 Å². The lowest BCUT2D eigenvalue weighted by Gasteiger charge is -2.20. The van der Waals surface area contributed by atoms with Crippen LogP contribution in [-0.2, 0) is 14.6 Å². The van der Waals surface area contributed by atoms with Crippen molar-refractivity contribution in [1.82, 2.24) is 4.90 Å². The number of rotatable bonds is 8. The summed E-state index contributed by atoms with van der Waals surface area (Å²) in [5, 5.41) is 2.70. The first kappa shape index (κ1) is 17.7. The third-order valence-corrected chi connectivity index (χ3v) is 4.16. The molecule has 0 heterocycles. The zero-order valence-corrected chi connectivity index (χ0v) is 13.7. The Bertz CT molecular complexity index is 564. The molecular weight excluding hydrogens is 288 g/mol. The van der Waals surface area contributed by atoms with E-state index in [1.165, 1.54) is 6.07 Å². The summed E-state index contributed by atoms with van der Waals surface area (Å²) in [4.78, 5) is 14.3. The number of benzene rings is 1. The molecule has 0 spiro atoms. The summed E-state index contributed by atoms with van der Waals surface area (Å²) in [5.41, 5.74) is 0.345. The van der Waals surface area contributed by atoms with Gasteiger partial charge >= 0.3 is 0 Å². The van der Waals surface area contributed by atoms with Gasteiger partial charge in [0, 0.05) is 6.26 Å². The van der Waals surface area contributed by atoms with Crippen molar-refractivity contribution in [1.29, 1.82) is 0 Å². The third kappa shape index (κ3) is 5.85. The van der Waals surface area contributed by atoms with Gasteiger partial charge in [-0.3, -0.25) is 9.69 Å². The number of sulfone groups is 1. The molecule has 1 aromatic rings. The second-order valence-corrected chi connectivity index (χ2v) is 7.08. The van der Waals surface area contributed by atoms with Gasteiger partial charge in [0.2, 0.25) is 5.91 Å². The van der Waals surface area contributed by atoms with E-state index in [-0.39, 0.29) is 17.3 Å². The number of carbonyl (C=O) groups is 1. The molecule has 0 fully saturated rings. The Kier molecular flexibility index (Phi) is 6.84. The number of amides is 1. The molecule has 21 heavy (non-hydrogen) atoms. The number of anilines is 1. The number of nitrogens with one attached hydrogen (secondary N) is 1. The highest BCUT2D eigenvalue weighted by atomic mass is 32.2. The Balaban J connectivity index is 2.79. The molecule has 1 rings (SSSR count). The highest BCUT2D eigenvalue weighted by molar-refractivity contribution is 7.90. The van der Waals surface area contributed by atoms with Gasteiger partial charge in [-0.1, -0.05) is 26.0 Å². The molecular formula is C15H24N2O3S. The lowest BCUT2D eigenvalue weighted by molar-refractivity contribution is -0.117. The minimum Gasteiger partial charge on any atom is -0.324 e. The quantitative estimate of drug-likeness (QED) is 0.799. The molecule has 0 saturated heterocycles. The van der Waals surface area contributed by atoms with E-state index >= 15 is 0 Å². The summed E-state index contributed by atoms with van der Waals surface area (Å²) in [6.07, 6.45) is 3.10. The summed E-state index contributed by atoms with van der Waals surface area (Å²) in [7, 11) is -3.36. The number of nitrogens with zero attached hydrogens (tertiary/aromatic N) is 1. The Morgan fingerprint density at radius 2 is 1.71 bits per heavy atom. The zero-order chi connectivity index (χ0) is 15.9. The van der Waals surface area contributed by atoms with Crippen LogP contribution in [0.4, 0.5) is 5.69 Å². The van der Waals surface area contributed by atoms with Gasteiger partial charge in [-0.15, -0.1) is 0 Å². The van der Waals surface area contributed by atoms with Gasteiger partial charge in [0.1, 0.15) is 0 Å². The highest BCUT2D eigenvalue weighted by Crippen LogP contribution is 2.20. The van der Waals surface area contributed by atoms with Gasteiger partial charge in [-0.25, -0.2) is 8.42 Å². The van der Waals surface area contributed by atoms with Crippen molar-refractivity contribution in [2.45, 2.75) is 31.6 Å². The molecule has 1 amide bonds. The summed E-state index contributed by atoms with van der Waals surface area (Å²) in [6, 6.07) is 6.46. The monoisotopic (exact) mass is 312 g/mol. The molecule has 5 nitrogen and oxygen atoms in total. The highest BCUT2D eigenvalue weighted by Gasteiger charge is 2.15. The van der Waals surface area contributed by atoms with E-state index in [0.29, 0.717) is 5.69 Å². The Morgan fingerprint density at radius 1 is 1.14 bits per heavy atom. The second kappa shape index (κ2) is 8.14. The van der Waals surface area contributed by atoms with Crippen LogP contribution in [0.5, 0.6) is 0 Å². The second-order valence-electron chi connectivity index (χ2n) is 5.09. The molecule has 0 unspecified atom stereocenters. The van der Waals surface area contributed by atoms with Crippen LogP contribution in [0.2, 0.25) is 0 Å². The maximum absolute atomic E-state index is 12.1. The van der Waals surface area contributed by atoms with Gasteiger partial charge in [0.05, 0.1) is 17.1 Å². The van der Waals surface area contributed by atoms with E-state index in [0.717, 1.165) is 32.2 Å². The van der Waals surface area contributed by atoms with Gasteiger partial charge in [-0.2, -0.15) is 0 Å². The van der Waals surface area contributed by atoms with Gasteiger partial charge in [-0.05, 0) is 38.1 Å². The van der Waals surface area contributed by atoms with E-state index in [1.807, 2.05) is 0 Å². The van der Waals surface area contributed by atoms with Crippen LogP contribution in [0.15, 0.2) is 29.2 Å². The number of hydrogen-bond acceptors (Lipinski definition) is 4. The van der Waals surface area contributed by atoms with Crippen molar-refractivity contribution in [2.75, 3.05) is 31.2 Å². The number of carbonyl (C=O) groups excluding carboxylic acids is 1. The van der Waals surface area contributed by atoms with Crippen molar-refractivity contribution in [2.24, 2.45) is 0 Å². The van der Waals surface area contributed by atoms with Crippen molar-refractivity contribution >= 4 is 21.4 Å². The standard InChI is InChI=1S/C15H24N2O3S/c1-4-10-17(11-5-2)12-15(18)16-13-8-6-7-9-14(13)21(3,19)20/h6-9H,4-5,10-12H2,1-3H3,(H,16,18). The maximum Gasteiger partial charge on any atom is 0.238 e. The van der Waals surface area contributed by atoms with E-state index in [2.05, 4.69) is 24.1 Å². The molecule has 1 aromatic carbocycles. The normalized spacial score (nSPS) is 11.6. The molecule has 6 heteroatoms. The average molecular weight is 312 g/mol. The van der Waals surface area contributed by atoms with E-state index in [9.17, 15) is 13.2 Å². The molecule has 1 N–H and O–H groups in total. The molecule has 0 saturated carbocycles. The zero-order valence-electron chi connectivity index (χ0n) is 12.9. The Morgan fingerprint density at radius 3 is 2.24 bits per heavy atom. The SMILES string of the molecule is CCCN(CCC)CC(=O)Nc1ccccc1S(C)(=O)=O. The van der Waals surface area contributed by atoms with Crippen LogP contribution in [-0.4, -0.2) is 45.1 Å². The smallest absolute Gasteiger partial charge is 0.238 e. The largest absolute Gasteiger partial charge is 0.324 e. The van der Waals surface area contributed by atoms with Crippen LogP contribution < -0.4 is 5.32 Å². The molecule has 0 radical (unpaired) electrons. The van der Waals surface area contributed by atoms with Crippen LogP contribution in [0.25, 0.3) is 0 Å². The van der Waals surface area contributed by atoms with Crippen LogP contribution in [0, 0.1) is 0 Å². The number of hydrogen-bond donors (Lipinski definition) is 1. The number of para-hydroxylation sites is 1. The summed E-state index contributed by atoms with van der Waals surface area (Å²) in [5.74, 6) is -0.187. The Hall–Kier alpha value is -1.40. The maximum atomic E-state index is 12.1. The van der Waals surface area contributed by atoms with E-state index < -0.39 is 9.84 Å². The van der Waals surface area contributed by atoms with Crippen molar-refractivity contribution in [3.05, 3.63) is 24.3 Å². The predicted molar refractivity (Wildman–Crippen MR) is 85.2 cm³/mol. The fourth-order valence-corrected chi connectivity index (χ4v) is 3.03. The molecule has 0 bridgehead atoms. The van der Waals surface area contributed by atoms with Gasteiger partial charge < -0.3 is 5.32 Å². The van der Waals surface area contributed by atoms with E-state index in [4.69, 9.17) is 0 Å². The molecule has 118 valence electrons. The summed E-state index contributed by atoms with van der Waals surface area (Å²) < 4.78 is 23.4. The molecule has 0 atom stereocenters. The minimum absolute atomic E-state index is 0.149. The van der Waals surface area contributed by atoms with Crippen LogP contribution in [0.1, 0.15) is 26.7 Å². The first-order valence-corrected chi connectivity index (χ1v) is 9.09. The van der Waals surface area contributed by atoms with Crippen LogP contribution >= 0.6 is 0 Å². The summed E-state index contributed by atoms with van der Waals surface area (Å²) in [6.45, 7) is 6.13. The van der Waals surface area contributed by atoms with Crippen LogP contribution in [0.3, 0.4) is 0 Å². The molecule has 0 aliphatic carbocycles. The third-order valence-electron chi connectivity index (χ3n) is 3.01. The first-order chi connectivity index (χ1) is 9.88.